The minimum Gasteiger partial charge on any atom is -0.330 e. The summed E-state index contributed by atoms with van der Waals surface area (Å²) in [6, 6.07) is 9.67. The molecule has 0 aliphatic carbocycles. The van der Waals surface area contributed by atoms with Gasteiger partial charge < -0.3 is 10.2 Å². The first kappa shape index (κ1) is 22.2. The van der Waals surface area contributed by atoms with Gasteiger partial charge in [-0.3, -0.25) is 9.59 Å². The van der Waals surface area contributed by atoms with E-state index in [0.717, 1.165) is 5.56 Å². The number of fused-ring (bicyclic) bond motifs is 1. The molecular weight excluding hydrogens is 398 g/mol. The Morgan fingerprint density at radius 2 is 1.90 bits per heavy atom. The van der Waals surface area contributed by atoms with E-state index in [2.05, 4.69) is 11.9 Å². The molecule has 4 nitrogen and oxygen atoms in total. The SMILES string of the molecule is C=C/C=C\C=C(/C)NC(=O)CCC1c2c(F)cccc2C(=O)N1Cc1ccc(F)cc1. The lowest BCUT2D eigenvalue weighted by Gasteiger charge is -2.25. The van der Waals surface area contributed by atoms with E-state index in [1.54, 1.807) is 54.3 Å². The van der Waals surface area contributed by atoms with Crippen molar-refractivity contribution < 1.29 is 18.4 Å². The zero-order valence-electron chi connectivity index (χ0n) is 17.3. The third kappa shape index (κ3) is 5.34. The summed E-state index contributed by atoms with van der Waals surface area (Å²) < 4.78 is 27.9. The fraction of sp³-hybridized carbons (Fsp3) is 0.200. The number of allylic oxidation sites excluding steroid dienone is 5. The third-order valence-corrected chi connectivity index (χ3v) is 5.09. The molecule has 1 unspecified atom stereocenters. The summed E-state index contributed by atoms with van der Waals surface area (Å²) in [5.74, 6) is -1.36. The molecule has 1 heterocycles. The van der Waals surface area contributed by atoms with E-state index in [9.17, 15) is 18.4 Å². The minimum absolute atomic E-state index is 0.113. The van der Waals surface area contributed by atoms with Gasteiger partial charge in [-0.2, -0.15) is 0 Å². The monoisotopic (exact) mass is 422 g/mol. The van der Waals surface area contributed by atoms with Crippen molar-refractivity contribution in [2.24, 2.45) is 0 Å². The third-order valence-electron chi connectivity index (χ3n) is 5.09. The van der Waals surface area contributed by atoms with Gasteiger partial charge in [-0.25, -0.2) is 8.78 Å². The first-order valence-electron chi connectivity index (χ1n) is 10.0. The number of amides is 2. The lowest BCUT2D eigenvalue weighted by molar-refractivity contribution is -0.120. The molecule has 2 amide bonds. The van der Waals surface area contributed by atoms with Crippen LogP contribution in [0.25, 0.3) is 0 Å². The Morgan fingerprint density at radius 1 is 1.16 bits per heavy atom. The molecule has 6 heteroatoms. The molecule has 160 valence electrons. The van der Waals surface area contributed by atoms with E-state index in [-0.39, 0.29) is 37.0 Å². The topological polar surface area (TPSA) is 49.4 Å². The Labute approximate surface area is 180 Å². The Hall–Kier alpha value is -3.54. The molecule has 3 rings (SSSR count). The Morgan fingerprint density at radius 3 is 2.61 bits per heavy atom. The van der Waals surface area contributed by atoms with Crippen molar-refractivity contribution in [2.75, 3.05) is 0 Å². The summed E-state index contributed by atoms with van der Waals surface area (Å²) in [6.45, 7) is 5.54. The molecular formula is C25H24F2N2O2. The van der Waals surface area contributed by atoms with Gasteiger partial charge in [0.25, 0.3) is 5.91 Å². The fourth-order valence-electron chi connectivity index (χ4n) is 3.65. The van der Waals surface area contributed by atoms with Crippen molar-refractivity contribution in [3.05, 3.63) is 107 Å². The van der Waals surface area contributed by atoms with Gasteiger partial charge in [0.15, 0.2) is 0 Å². The van der Waals surface area contributed by atoms with Gasteiger partial charge in [-0.15, -0.1) is 0 Å². The maximum absolute atomic E-state index is 14.6. The first-order chi connectivity index (χ1) is 14.9. The molecule has 0 radical (unpaired) electrons. The van der Waals surface area contributed by atoms with E-state index in [1.165, 1.54) is 24.3 Å². The van der Waals surface area contributed by atoms with Crippen LogP contribution in [0.3, 0.4) is 0 Å². The van der Waals surface area contributed by atoms with Gasteiger partial charge >= 0.3 is 0 Å². The lowest BCUT2D eigenvalue weighted by atomic mass is 9.99. The number of carbonyl (C=O) groups excluding carboxylic acids is 2. The molecule has 2 aromatic carbocycles. The zero-order chi connectivity index (χ0) is 22.4. The highest BCUT2D eigenvalue weighted by Crippen LogP contribution is 2.39. The van der Waals surface area contributed by atoms with Crippen molar-refractivity contribution in [3.63, 3.8) is 0 Å². The summed E-state index contributed by atoms with van der Waals surface area (Å²) in [5, 5.41) is 2.78. The summed E-state index contributed by atoms with van der Waals surface area (Å²) in [6.07, 6.45) is 7.25. The van der Waals surface area contributed by atoms with Crippen LogP contribution in [0.5, 0.6) is 0 Å². The molecule has 0 saturated carbocycles. The fourth-order valence-corrected chi connectivity index (χ4v) is 3.65. The predicted octanol–water partition coefficient (Wildman–Crippen LogP) is 5.20. The van der Waals surface area contributed by atoms with Crippen molar-refractivity contribution in [1.82, 2.24) is 10.2 Å². The second-order valence-electron chi connectivity index (χ2n) is 7.33. The molecule has 31 heavy (non-hydrogen) atoms. The number of benzene rings is 2. The van der Waals surface area contributed by atoms with Gasteiger partial charge in [-0.05, 0) is 49.2 Å². The standard InChI is InChI=1S/C25H24F2N2O2/c1-3-4-5-7-17(2)28-23(30)15-14-22-24-20(8-6-9-21(24)27)25(31)29(22)16-18-10-12-19(26)13-11-18/h3-13,22H,1,14-16H2,2H3,(H,28,30)/b5-4-,17-7+. The van der Waals surface area contributed by atoms with Crippen molar-refractivity contribution >= 4 is 11.8 Å². The van der Waals surface area contributed by atoms with Gasteiger partial charge in [0.1, 0.15) is 11.6 Å². The number of carbonyl (C=O) groups is 2. The quantitative estimate of drug-likeness (QED) is 0.594. The smallest absolute Gasteiger partial charge is 0.255 e. The van der Waals surface area contributed by atoms with Crippen molar-refractivity contribution in [2.45, 2.75) is 32.4 Å². The molecule has 2 aromatic rings. The molecule has 0 fully saturated rings. The molecule has 0 saturated heterocycles. The van der Waals surface area contributed by atoms with Gasteiger partial charge in [0, 0.05) is 29.8 Å². The van der Waals surface area contributed by atoms with E-state index in [4.69, 9.17) is 0 Å². The second kappa shape index (κ2) is 9.98. The summed E-state index contributed by atoms with van der Waals surface area (Å²) in [4.78, 5) is 26.9. The van der Waals surface area contributed by atoms with Crippen LogP contribution in [-0.2, 0) is 11.3 Å². The number of nitrogens with one attached hydrogen (secondary N) is 1. The average molecular weight is 422 g/mol. The number of rotatable bonds is 8. The lowest BCUT2D eigenvalue weighted by Crippen LogP contribution is -2.29. The largest absolute Gasteiger partial charge is 0.330 e. The van der Waals surface area contributed by atoms with Crippen LogP contribution in [-0.4, -0.2) is 16.7 Å². The predicted molar refractivity (Wildman–Crippen MR) is 116 cm³/mol. The van der Waals surface area contributed by atoms with Crippen LogP contribution in [0, 0.1) is 11.6 Å². The Bertz CT molecular complexity index is 1040. The Balaban J connectivity index is 1.77. The molecule has 0 spiro atoms. The van der Waals surface area contributed by atoms with E-state index in [0.29, 0.717) is 16.8 Å². The van der Waals surface area contributed by atoms with Crippen LogP contribution in [0.2, 0.25) is 0 Å². The maximum atomic E-state index is 14.6. The normalized spacial score (nSPS) is 16.0. The van der Waals surface area contributed by atoms with Gasteiger partial charge in [0.05, 0.1) is 6.04 Å². The van der Waals surface area contributed by atoms with Crippen LogP contribution in [0.15, 0.2) is 79.0 Å². The van der Waals surface area contributed by atoms with Gasteiger partial charge in [-0.1, -0.05) is 43.0 Å². The van der Waals surface area contributed by atoms with E-state index in [1.807, 2.05) is 0 Å². The summed E-state index contributed by atoms with van der Waals surface area (Å²) >= 11 is 0. The highest BCUT2D eigenvalue weighted by Gasteiger charge is 2.38. The molecule has 1 aliphatic heterocycles. The number of halogens is 2. The summed E-state index contributed by atoms with van der Waals surface area (Å²) in [5.41, 5.74) is 2.01. The molecule has 0 aromatic heterocycles. The zero-order valence-corrected chi connectivity index (χ0v) is 17.3. The highest BCUT2D eigenvalue weighted by molar-refractivity contribution is 5.99. The molecule has 1 N–H and O–H groups in total. The summed E-state index contributed by atoms with van der Waals surface area (Å²) in [7, 11) is 0. The van der Waals surface area contributed by atoms with Crippen molar-refractivity contribution in [1.29, 1.82) is 0 Å². The number of nitrogens with zero attached hydrogens (tertiary/aromatic N) is 1. The first-order valence-corrected chi connectivity index (χ1v) is 10.0. The number of hydrogen-bond acceptors (Lipinski definition) is 2. The van der Waals surface area contributed by atoms with Gasteiger partial charge in [0.2, 0.25) is 5.91 Å². The second-order valence-corrected chi connectivity index (χ2v) is 7.33. The molecule has 1 atom stereocenters. The Kier molecular flexibility index (Phi) is 7.13. The maximum Gasteiger partial charge on any atom is 0.255 e. The van der Waals surface area contributed by atoms with Crippen LogP contribution >= 0.6 is 0 Å². The molecule has 1 aliphatic rings. The number of hydrogen-bond donors (Lipinski definition) is 1. The average Bonchev–Trinajstić information content (AvgIpc) is 3.01. The van der Waals surface area contributed by atoms with E-state index >= 15 is 0 Å². The highest BCUT2D eigenvalue weighted by atomic mass is 19.1. The van der Waals surface area contributed by atoms with Crippen LogP contribution in [0.4, 0.5) is 8.78 Å². The minimum atomic E-state index is -0.579. The molecule has 0 bridgehead atoms. The van der Waals surface area contributed by atoms with E-state index < -0.39 is 11.9 Å². The van der Waals surface area contributed by atoms with Crippen LogP contribution < -0.4 is 5.32 Å². The van der Waals surface area contributed by atoms with Crippen LogP contribution in [0.1, 0.15) is 47.3 Å². The van der Waals surface area contributed by atoms with Crippen molar-refractivity contribution in [3.8, 4) is 0 Å².